The Hall–Kier alpha value is -0.480. The molecule has 0 spiro atoms. The molecule has 0 fully saturated rings. The molecule has 0 bridgehead atoms. The number of ether oxygens (including phenoxy) is 1. The maximum absolute atomic E-state index is 9.75. The molecular weight excluding hydrogens is 273 g/mol. The molecule has 2 atom stereocenters. The number of nitrogens with one attached hydrogen (secondary N) is 1. The van der Waals surface area contributed by atoms with Gasteiger partial charge in [-0.25, -0.2) is 0 Å². The van der Waals surface area contributed by atoms with E-state index < -0.39 is 6.10 Å². The molecule has 2 unspecified atom stereocenters. The van der Waals surface area contributed by atoms with Crippen molar-refractivity contribution in [2.24, 2.45) is 0 Å². The standard InChI is InChI=1S/C13H19Cl2NO2/c1-3-9(2)16-7-10(17)8-18-12-6-4-5-11(14)13(12)15/h4-6,9-10,16-17H,3,7-8H2,1-2H3. The minimum Gasteiger partial charge on any atom is -0.489 e. The lowest BCUT2D eigenvalue weighted by Crippen LogP contribution is -2.36. The highest BCUT2D eigenvalue weighted by atomic mass is 35.5. The summed E-state index contributed by atoms with van der Waals surface area (Å²) in [7, 11) is 0. The van der Waals surface area contributed by atoms with E-state index in [0.717, 1.165) is 6.42 Å². The van der Waals surface area contributed by atoms with Gasteiger partial charge in [0.2, 0.25) is 0 Å². The summed E-state index contributed by atoms with van der Waals surface area (Å²) in [6.07, 6.45) is 0.447. The van der Waals surface area contributed by atoms with Crippen molar-refractivity contribution in [1.29, 1.82) is 0 Å². The maximum Gasteiger partial charge on any atom is 0.139 e. The van der Waals surface area contributed by atoms with Crippen LogP contribution in [0.3, 0.4) is 0 Å². The largest absolute Gasteiger partial charge is 0.489 e. The Kier molecular flexibility index (Phi) is 6.79. The molecule has 2 N–H and O–H groups in total. The summed E-state index contributed by atoms with van der Waals surface area (Å²) < 4.78 is 5.44. The van der Waals surface area contributed by atoms with Crippen molar-refractivity contribution < 1.29 is 9.84 Å². The number of hydrogen-bond acceptors (Lipinski definition) is 3. The van der Waals surface area contributed by atoms with Crippen molar-refractivity contribution in [2.45, 2.75) is 32.4 Å². The summed E-state index contributed by atoms with van der Waals surface area (Å²) in [5.74, 6) is 0.492. The van der Waals surface area contributed by atoms with Crippen molar-refractivity contribution >= 4 is 23.2 Å². The molecule has 0 saturated heterocycles. The maximum atomic E-state index is 9.75. The summed E-state index contributed by atoms with van der Waals surface area (Å²) in [4.78, 5) is 0. The van der Waals surface area contributed by atoms with E-state index in [9.17, 15) is 5.11 Å². The third-order valence-corrected chi connectivity index (χ3v) is 3.46. The summed E-state index contributed by atoms with van der Waals surface area (Å²) >= 11 is 11.8. The number of hydrogen-bond donors (Lipinski definition) is 2. The Morgan fingerprint density at radius 2 is 2.11 bits per heavy atom. The van der Waals surface area contributed by atoms with Gasteiger partial charge in [-0.3, -0.25) is 0 Å². The second kappa shape index (κ2) is 7.85. The van der Waals surface area contributed by atoms with Crippen molar-refractivity contribution in [1.82, 2.24) is 5.32 Å². The highest BCUT2D eigenvalue weighted by Crippen LogP contribution is 2.31. The van der Waals surface area contributed by atoms with Crippen LogP contribution in [0.25, 0.3) is 0 Å². The molecular formula is C13H19Cl2NO2. The van der Waals surface area contributed by atoms with Crippen LogP contribution in [-0.2, 0) is 0 Å². The van der Waals surface area contributed by atoms with E-state index in [1.54, 1.807) is 18.2 Å². The number of halogens is 2. The van der Waals surface area contributed by atoms with Gasteiger partial charge in [0, 0.05) is 12.6 Å². The first-order valence-corrected chi connectivity index (χ1v) is 6.78. The molecule has 18 heavy (non-hydrogen) atoms. The Morgan fingerprint density at radius 1 is 1.39 bits per heavy atom. The zero-order valence-corrected chi connectivity index (χ0v) is 12.1. The number of benzene rings is 1. The van der Waals surface area contributed by atoms with Crippen LogP contribution in [0.2, 0.25) is 10.0 Å². The van der Waals surface area contributed by atoms with Crippen molar-refractivity contribution in [2.75, 3.05) is 13.2 Å². The molecule has 102 valence electrons. The van der Waals surface area contributed by atoms with E-state index in [1.165, 1.54) is 0 Å². The van der Waals surface area contributed by atoms with Gasteiger partial charge in [-0.1, -0.05) is 36.2 Å². The summed E-state index contributed by atoms with van der Waals surface area (Å²) in [5, 5.41) is 13.8. The van der Waals surface area contributed by atoms with Gasteiger partial charge in [0.25, 0.3) is 0 Å². The molecule has 1 aromatic rings. The Morgan fingerprint density at radius 3 is 2.78 bits per heavy atom. The van der Waals surface area contributed by atoms with Crippen LogP contribution >= 0.6 is 23.2 Å². The van der Waals surface area contributed by atoms with Gasteiger partial charge in [-0.05, 0) is 25.5 Å². The molecule has 3 nitrogen and oxygen atoms in total. The van der Waals surface area contributed by atoms with Crippen molar-refractivity contribution in [3.05, 3.63) is 28.2 Å². The van der Waals surface area contributed by atoms with Crippen LogP contribution < -0.4 is 10.1 Å². The smallest absolute Gasteiger partial charge is 0.139 e. The van der Waals surface area contributed by atoms with Gasteiger partial charge in [0.05, 0.1) is 5.02 Å². The molecule has 0 saturated carbocycles. The monoisotopic (exact) mass is 291 g/mol. The minimum atomic E-state index is -0.575. The summed E-state index contributed by atoms with van der Waals surface area (Å²) in [6.45, 7) is 4.84. The zero-order valence-electron chi connectivity index (χ0n) is 10.6. The van der Waals surface area contributed by atoms with Crippen LogP contribution in [0.1, 0.15) is 20.3 Å². The molecule has 0 aliphatic carbocycles. The quantitative estimate of drug-likeness (QED) is 0.811. The lowest BCUT2D eigenvalue weighted by atomic mass is 10.2. The predicted octanol–water partition coefficient (Wildman–Crippen LogP) is 3.12. The fourth-order valence-electron chi connectivity index (χ4n) is 1.32. The van der Waals surface area contributed by atoms with E-state index in [2.05, 4.69) is 19.2 Å². The van der Waals surface area contributed by atoms with Gasteiger partial charge in [0.1, 0.15) is 23.5 Å². The van der Waals surface area contributed by atoms with Crippen LogP contribution in [0, 0.1) is 0 Å². The first-order valence-electron chi connectivity index (χ1n) is 6.02. The second-order valence-corrected chi connectivity index (χ2v) is 5.02. The molecule has 5 heteroatoms. The van der Waals surface area contributed by atoms with Crippen molar-refractivity contribution in [3.8, 4) is 5.75 Å². The van der Waals surface area contributed by atoms with Gasteiger partial charge < -0.3 is 15.2 Å². The summed E-state index contributed by atoms with van der Waals surface area (Å²) in [6, 6.07) is 5.56. The third-order valence-electron chi connectivity index (χ3n) is 2.66. The van der Waals surface area contributed by atoms with E-state index >= 15 is 0 Å². The molecule has 0 aliphatic heterocycles. The Bertz CT molecular complexity index is 374. The topological polar surface area (TPSA) is 41.5 Å². The zero-order chi connectivity index (χ0) is 13.5. The number of rotatable bonds is 7. The third kappa shape index (κ3) is 5.02. The fourth-order valence-corrected chi connectivity index (χ4v) is 1.67. The average Bonchev–Trinajstić information content (AvgIpc) is 2.37. The highest BCUT2D eigenvalue weighted by Gasteiger charge is 2.10. The van der Waals surface area contributed by atoms with E-state index in [1.807, 2.05) is 0 Å². The normalized spacial score (nSPS) is 14.3. The number of aliphatic hydroxyl groups is 1. The molecule has 1 aromatic carbocycles. The van der Waals surface area contributed by atoms with E-state index in [4.69, 9.17) is 27.9 Å². The average molecular weight is 292 g/mol. The minimum absolute atomic E-state index is 0.184. The molecule has 0 amide bonds. The number of aliphatic hydroxyl groups excluding tert-OH is 1. The van der Waals surface area contributed by atoms with Gasteiger partial charge in [-0.2, -0.15) is 0 Å². The van der Waals surface area contributed by atoms with Crippen LogP contribution in [0.5, 0.6) is 5.75 Å². The first-order chi connectivity index (χ1) is 8.54. The molecule has 0 aliphatic rings. The fraction of sp³-hybridized carbons (Fsp3) is 0.538. The van der Waals surface area contributed by atoms with Crippen molar-refractivity contribution in [3.63, 3.8) is 0 Å². The first kappa shape index (κ1) is 15.6. The summed E-state index contributed by atoms with van der Waals surface area (Å²) in [5.41, 5.74) is 0. The molecule has 0 heterocycles. The van der Waals surface area contributed by atoms with Gasteiger partial charge in [-0.15, -0.1) is 0 Å². The van der Waals surface area contributed by atoms with Gasteiger partial charge in [0.15, 0.2) is 0 Å². The SMILES string of the molecule is CCC(C)NCC(O)COc1cccc(Cl)c1Cl. The van der Waals surface area contributed by atoms with Crippen LogP contribution in [-0.4, -0.2) is 30.4 Å². The Balaban J connectivity index is 2.38. The predicted molar refractivity (Wildman–Crippen MR) is 75.7 cm³/mol. The van der Waals surface area contributed by atoms with E-state index in [-0.39, 0.29) is 6.61 Å². The second-order valence-electron chi connectivity index (χ2n) is 4.23. The van der Waals surface area contributed by atoms with E-state index in [0.29, 0.717) is 28.4 Å². The lowest BCUT2D eigenvalue weighted by Gasteiger charge is -2.17. The van der Waals surface area contributed by atoms with Gasteiger partial charge >= 0.3 is 0 Å². The Labute approximate surface area is 118 Å². The lowest BCUT2D eigenvalue weighted by molar-refractivity contribution is 0.104. The highest BCUT2D eigenvalue weighted by molar-refractivity contribution is 6.42. The molecule has 0 aromatic heterocycles. The molecule has 1 rings (SSSR count). The van der Waals surface area contributed by atoms with Crippen LogP contribution in [0.15, 0.2) is 18.2 Å². The molecule has 0 radical (unpaired) electrons. The van der Waals surface area contributed by atoms with Crippen LogP contribution in [0.4, 0.5) is 0 Å².